The molecule has 4 saturated heterocycles. The van der Waals surface area contributed by atoms with Crippen molar-refractivity contribution < 1.29 is 104 Å². The van der Waals surface area contributed by atoms with E-state index < -0.39 is 155 Å². The third-order valence-electron chi connectivity index (χ3n) is 8.84. The summed E-state index contributed by atoms with van der Waals surface area (Å²) in [6, 6.07) is -1.50. The second-order valence-corrected chi connectivity index (χ2v) is 12.1. The fraction of sp³-hybridized carbons (Fsp3) is 0.963. The smallest absolute Gasteiger partial charge is 0.217 e. The molecule has 0 aliphatic carbocycles. The Bertz CT molecular complexity index is 1040. The van der Waals surface area contributed by atoms with Crippen LogP contribution in [0.1, 0.15) is 6.92 Å². The van der Waals surface area contributed by atoms with Gasteiger partial charge in [0.2, 0.25) is 5.91 Å². The molecule has 22 nitrogen and oxygen atoms in total. The third-order valence-corrected chi connectivity index (χ3v) is 8.84. The van der Waals surface area contributed by atoms with E-state index in [1.807, 2.05) is 0 Å². The van der Waals surface area contributed by atoms with Crippen molar-refractivity contribution in [2.24, 2.45) is 0 Å². The molecule has 0 bridgehead atoms. The highest BCUT2D eigenvalue weighted by Crippen LogP contribution is 2.34. The van der Waals surface area contributed by atoms with E-state index in [1.165, 1.54) is 0 Å². The average molecular weight is 722 g/mol. The zero-order valence-electron chi connectivity index (χ0n) is 26.4. The lowest BCUT2D eigenvalue weighted by molar-refractivity contribution is -0.384. The number of nitrogens with one attached hydrogen (secondary N) is 1. The fourth-order valence-corrected chi connectivity index (χ4v) is 6.08. The van der Waals surface area contributed by atoms with Crippen LogP contribution < -0.4 is 5.32 Å². The van der Waals surface area contributed by atoms with Gasteiger partial charge in [-0.15, -0.1) is 0 Å². The van der Waals surface area contributed by atoms with Crippen molar-refractivity contribution in [3.05, 3.63) is 0 Å². The van der Waals surface area contributed by atoms with E-state index in [0.29, 0.717) is 0 Å². The maximum atomic E-state index is 11.9. The van der Waals surface area contributed by atoms with Gasteiger partial charge >= 0.3 is 0 Å². The Morgan fingerprint density at radius 2 is 1.08 bits per heavy atom. The molecule has 1 amide bonds. The van der Waals surface area contributed by atoms with E-state index in [2.05, 4.69) is 5.32 Å². The number of aliphatic hydroxyl groups excluding tert-OH is 12. The summed E-state index contributed by atoms with van der Waals surface area (Å²) in [4.78, 5) is 11.9. The summed E-state index contributed by atoms with van der Waals surface area (Å²) in [5.41, 5.74) is 0. The first-order valence-electron chi connectivity index (χ1n) is 15.5. The highest BCUT2D eigenvalue weighted by Gasteiger charge is 2.55. The Labute approximate surface area is 278 Å². The lowest BCUT2D eigenvalue weighted by Crippen LogP contribution is -2.68. The van der Waals surface area contributed by atoms with Crippen molar-refractivity contribution in [2.75, 3.05) is 33.5 Å². The number of carbonyl (C=O) groups excluding carboxylic acids is 1. The number of carbonyl (C=O) groups is 1. The number of hydrogen-bond donors (Lipinski definition) is 13. The van der Waals surface area contributed by atoms with Gasteiger partial charge < -0.3 is 104 Å². The number of ether oxygens (including phenoxy) is 8. The number of aliphatic hydroxyl groups is 12. The molecule has 4 aliphatic heterocycles. The molecule has 4 rings (SSSR count). The van der Waals surface area contributed by atoms with Crippen molar-refractivity contribution in [3.63, 3.8) is 0 Å². The van der Waals surface area contributed by atoms with E-state index in [0.717, 1.165) is 14.0 Å². The van der Waals surface area contributed by atoms with Gasteiger partial charge in [-0.3, -0.25) is 4.79 Å². The first-order valence-corrected chi connectivity index (χ1v) is 15.5. The molecule has 0 aromatic carbocycles. The predicted molar refractivity (Wildman–Crippen MR) is 150 cm³/mol. The molecule has 20 atom stereocenters. The lowest BCUT2D eigenvalue weighted by Gasteiger charge is -2.49. The molecule has 0 spiro atoms. The van der Waals surface area contributed by atoms with Crippen molar-refractivity contribution in [3.8, 4) is 0 Å². The van der Waals surface area contributed by atoms with E-state index >= 15 is 0 Å². The predicted octanol–water partition coefficient (Wildman–Crippen LogP) is -8.95. The van der Waals surface area contributed by atoms with Gasteiger partial charge in [-0.25, -0.2) is 0 Å². The first-order chi connectivity index (χ1) is 23.2. The zero-order valence-corrected chi connectivity index (χ0v) is 26.4. The van der Waals surface area contributed by atoms with Crippen LogP contribution in [0.15, 0.2) is 0 Å². The Balaban J connectivity index is 1.57. The summed E-state index contributed by atoms with van der Waals surface area (Å²) in [5, 5.41) is 126. The van der Waals surface area contributed by atoms with Gasteiger partial charge in [0.05, 0.1) is 26.4 Å². The van der Waals surface area contributed by atoms with Crippen LogP contribution in [0.2, 0.25) is 0 Å². The first kappa shape index (κ1) is 40.4. The Hall–Kier alpha value is -1.33. The van der Waals surface area contributed by atoms with Crippen LogP contribution in [0.4, 0.5) is 0 Å². The monoisotopic (exact) mass is 721 g/mol. The summed E-state index contributed by atoms with van der Waals surface area (Å²) in [6.45, 7) is -1.87. The summed E-state index contributed by atoms with van der Waals surface area (Å²) < 4.78 is 44.7. The van der Waals surface area contributed by atoms with Crippen LogP contribution in [-0.2, 0) is 42.7 Å². The quantitative estimate of drug-likeness (QED) is 0.0889. The molecule has 0 aromatic rings. The molecule has 286 valence electrons. The summed E-state index contributed by atoms with van der Waals surface area (Å²) >= 11 is 0. The van der Waals surface area contributed by atoms with Crippen LogP contribution >= 0.6 is 0 Å². The molecule has 22 heteroatoms. The minimum atomic E-state index is -1.99. The van der Waals surface area contributed by atoms with Crippen LogP contribution in [0.25, 0.3) is 0 Å². The maximum Gasteiger partial charge on any atom is 0.217 e. The van der Waals surface area contributed by atoms with Gasteiger partial charge in [0, 0.05) is 14.0 Å². The Kier molecular flexibility index (Phi) is 14.4. The number of amides is 1. The normalized spacial score (nSPS) is 49.4. The molecule has 0 unspecified atom stereocenters. The van der Waals surface area contributed by atoms with E-state index in [1.54, 1.807) is 0 Å². The number of rotatable bonds is 12. The minimum Gasteiger partial charge on any atom is -0.394 e. The van der Waals surface area contributed by atoms with Crippen LogP contribution in [-0.4, -0.2) is 223 Å². The number of hydrogen-bond acceptors (Lipinski definition) is 21. The van der Waals surface area contributed by atoms with Gasteiger partial charge in [-0.1, -0.05) is 0 Å². The van der Waals surface area contributed by atoms with E-state index in [9.17, 15) is 66.1 Å². The van der Waals surface area contributed by atoms with E-state index in [-0.39, 0.29) is 0 Å². The van der Waals surface area contributed by atoms with Crippen molar-refractivity contribution in [1.29, 1.82) is 0 Å². The van der Waals surface area contributed by atoms with Gasteiger partial charge in [-0.2, -0.15) is 0 Å². The van der Waals surface area contributed by atoms with Crippen LogP contribution in [0, 0.1) is 0 Å². The number of methoxy groups -OCH3 is 1. The SMILES string of the molecule is CO[C@H]1[C@H](O[C@H]2O[C@H](CO)[C@@H](O)[C@H](O)[C@@H]2O[C@@H]2O[C@H](CO)[C@@H](O)[C@H](O)[C@H]2NC(C)=O)[C@H](O)[C@H](O)O[C@@H]1CO[C@H]1O[C@H](CO)[C@@H](O)[C@H](O)[C@@H]1O. The van der Waals surface area contributed by atoms with E-state index in [4.69, 9.17) is 37.9 Å². The largest absolute Gasteiger partial charge is 0.394 e. The maximum absolute atomic E-state index is 11.9. The average Bonchev–Trinajstić information content (AvgIpc) is 3.07. The Morgan fingerprint density at radius 1 is 0.571 bits per heavy atom. The van der Waals surface area contributed by atoms with Crippen molar-refractivity contribution in [1.82, 2.24) is 5.32 Å². The molecular weight excluding hydrogens is 674 g/mol. The molecule has 4 heterocycles. The van der Waals surface area contributed by atoms with Crippen molar-refractivity contribution >= 4 is 5.91 Å². The molecule has 49 heavy (non-hydrogen) atoms. The molecule has 13 N–H and O–H groups in total. The Morgan fingerprint density at radius 3 is 1.63 bits per heavy atom. The summed E-state index contributed by atoms with van der Waals surface area (Å²) in [6.07, 6.45) is -31.8. The summed E-state index contributed by atoms with van der Waals surface area (Å²) in [7, 11) is 1.16. The standard InChI is InChI=1S/C27H47NO21/c1-7(32)28-12-16(36)13(33)8(3-29)45-25(12)49-23-18(38)15(35)10(5-31)47-27(23)48-22-20(40)24(41)44-11(21(22)42-2)6-43-26-19(39)17(37)14(34)9(4-30)46-26/h8-27,29-31,33-41H,3-6H2,1-2H3,(H,28,32)/t8-,9-,10-,11-,12-,13-,14-,15-,16-,17+,18+,19+,20+,21-,22-,23+,24-,25+,26+,27-/m1/s1. The second kappa shape index (κ2) is 17.5. The molecule has 4 fully saturated rings. The fourth-order valence-electron chi connectivity index (χ4n) is 6.08. The lowest BCUT2D eigenvalue weighted by atomic mass is 9.95. The molecule has 4 aliphatic rings. The van der Waals surface area contributed by atoms with Gasteiger partial charge in [0.25, 0.3) is 0 Å². The second-order valence-electron chi connectivity index (χ2n) is 12.1. The van der Waals surface area contributed by atoms with Crippen LogP contribution in [0.5, 0.6) is 0 Å². The third kappa shape index (κ3) is 8.66. The zero-order chi connectivity index (χ0) is 36.3. The summed E-state index contributed by atoms with van der Waals surface area (Å²) in [5.74, 6) is -0.691. The minimum absolute atomic E-state index is 0.575. The molecule has 0 aromatic heterocycles. The van der Waals surface area contributed by atoms with Crippen LogP contribution in [0.3, 0.4) is 0 Å². The molecule has 0 radical (unpaired) electrons. The van der Waals surface area contributed by atoms with Gasteiger partial charge in [-0.05, 0) is 0 Å². The highest BCUT2D eigenvalue weighted by atomic mass is 16.8. The molecular formula is C27H47NO21. The topological polar surface area (TPSA) is 346 Å². The van der Waals surface area contributed by atoms with Crippen molar-refractivity contribution in [2.45, 2.75) is 130 Å². The highest BCUT2D eigenvalue weighted by molar-refractivity contribution is 5.73. The van der Waals surface area contributed by atoms with Gasteiger partial charge in [0.1, 0.15) is 97.6 Å². The molecule has 0 saturated carbocycles. The van der Waals surface area contributed by atoms with Gasteiger partial charge in [0.15, 0.2) is 25.2 Å².